The lowest BCUT2D eigenvalue weighted by molar-refractivity contribution is 0.0746. The van der Waals surface area contributed by atoms with Gasteiger partial charge < -0.3 is 14.5 Å². The third-order valence-electron chi connectivity index (χ3n) is 3.95. The van der Waals surface area contributed by atoms with Crippen molar-refractivity contribution in [3.63, 3.8) is 0 Å². The number of aromatic nitrogens is 2. The molecule has 0 radical (unpaired) electrons. The zero-order valence-electron chi connectivity index (χ0n) is 14.4. The van der Waals surface area contributed by atoms with Crippen LogP contribution in [0, 0.1) is 0 Å². The highest BCUT2D eigenvalue weighted by atomic mass is 79.9. The van der Waals surface area contributed by atoms with Gasteiger partial charge in [-0.1, -0.05) is 15.9 Å². The maximum Gasteiger partial charge on any atom is 0.257 e. The second-order valence-electron chi connectivity index (χ2n) is 6.14. The predicted molar refractivity (Wildman–Crippen MR) is 100 cm³/mol. The molecule has 1 aliphatic heterocycles. The van der Waals surface area contributed by atoms with Gasteiger partial charge in [-0.2, -0.15) is 0 Å². The SMILES string of the molecule is CC(C)Oc1nccnc1N1CCN(C(=O)c2ccc(Br)cc2)CC1. The van der Waals surface area contributed by atoms with E-state index in [-0.39, 0.29) is 12.0 Å². The standard InChI is InChI=1S/C18H21BrN4O2/c1-13(2)25-17-16(20-7-8-21-17)22-9-11-23(12-10-22)18(24)14-3-5-15(19)6-4-14/h3-8,13H,9-12H2,1-2H3. The van der Waals surface area contributed by atoms with Gasteiger partial charge in [0.25, 0.3) is 11.8 Å². The summed E-state index contributed by atoms with van der Waals surface area (Å²) in [7, 11) is 0. The maximum absolute atomic E-state index is 12.6. The molecular weight excluding hydrogens is 384 g/mol. The van der Waals surface area contributed by atoms with Gasteiger partial charge in [-0.3, -0.25) is 4.79 Å². The van der Waals surface area contributed by atoms with Crippen molar-refractivity contribution in [2.75, 3.05) is 31.1 Å². The molecule has 0 saturated carbocycles. The molecule has 1 saturated heterocycles. The van der Waals surface area contributed by atoms with E-state index >= 15 is 0 Å². The van der Waals surface area contributed by atoms with Crippen LogP contribution in [0.2, 0.25) is 0 Å². The molecule has 1 fully saturated rings. The van der Waals surface area contributed by atoms with Gasteiger partial charge in [-0.05, 0) is 38.1 Å². The highest BCUT2D eigenvalue weighted by Gasteiger charge is 2.25. The first-order valence-corrected chi connectivity index (χ1v) is 9.11. The Bertz CT molecular complexity index is 728. The van der Waals surface area contributed by atoms with Gasteiger partial charge in [-0.25, -0.2) is 9.97 Å². The monoisotopic (exact) mass is 404 g/mol. The van der Waals surface area contributed by atoms with Gasteiger partial charge in [-0.15, -0.1) is 0 Å². The number of halogens is 1. The van der Waals surface area contributed by atoms with Crippen LogP contribution >= 0.6 is 15.9 Å². The quantitative estimate of drug-likeness (QED) is 0.783. The van der Waals surface area contributed by atoms with Crippen LogP contribution in [-0.2, 0) is 0 Å². The number of carbonyl (C=O) groups excluding carboxylic acids is 1. The van der Waals surface area contributed by atoms with Crippen molar-refractivity contribution in [3.05, 3.63) is 46.7 Å². The number of ether oxygens (including phenoxy) is 1. The fourth-order valence-electron chi connectivity index (χ4n) is 2.74. The number of anilines is 1. The van der Waals surface area contributed by atoms with E-state index in [1.165, 1.54) is 0 Å². The summed E-state index contributed by atoms with van der Waals surface area (Å²) in [5, 5.41) is 0. The van der Waals surface area contributed by atoms with E-state index < -0.39 is 0 Å². The Morgan fingerprint density at radius 2 is 1.72 bits per heavy atom. The molecule has 1 amide bonds. The van der Waals surface area contributed by atoms with Crippen molar-refractivity contribution in [2.24, 2.45) is 0 Å². The Morgan fingerprint density at radius 3 is 2.36 bits per heavy atom. The topological polar surface area (TPSA) is 58.6 Å². The summed E-state index contributed by atoms with van der Waals surface area (Å²) in [5.41, 5.74) is 0.708. The average molecular weight is 405 g/mol. The molecule has 0 aliphatic carbocycles. The Hall–Kier alpha value is -2.15. The number of nitrogens with zero attached hydrogens (tertiary/aromatic N) is 4. The van der Waals surface area contributed by atoms with Crippen molar-refractivity contribution >= 4 is 27.7 Å². The van der Waals surface area contributed by atoms with Crippen LogP contribution in [0.15, 0.2) is 41.1 Å². The number of benzene rings is 1. The van der Waals surface area contributed by atoms with E-state index in [0.29, 0.717) is 37.6 Å². The minimum Gasteiger partial charge on any atom is -0.472 e. The fraction of sp³-hybridized carbons (Fsp3) is 0.389. The molecule has 1 aromatic carbocycles. The van der Waals surface area contributed by atoms with Crippen LogP contribution in [-0.4, -0.2) is 53.1 Å². The first-order chi connectivity index (χ1) is 12.0. The number of carbonyl (C=O) groups is 1. The summed E-state index contributed by atoms with van der Waals surface area (Å²) in [6, 6.07) is 7.46. The number of hydrogen-bond donors (Lipinski definition) is 0. The van der Waals surface area contributed by atoms with Crippen LogP contribution in [0.1, 0.15) is 24.2 Å². The highest BCUT2D eigenvalue weighted by Crippen LogP contribution is 2.25. The van der Waals surface area contributed by atoms with Crippen molar-refractivity contribution < 1.29 is 9.53 Å². The lowest BCUT2D eigenvalue weighted by Gasteiger charge is -2.35. The van der Waals surface area contributed by atoms with Crippen LogP contribution < -0.4 is 9.64 Å². The molecule has 1 aromatic heterocycles. The zero-order valence-corrected chi connectivity index (χ0v) is 15.9. The number of amides is 1. The van der Waals surface area contributed by atoms with Crippen molar-refractivity contribution in [1.82, 2.24) is 14.9 Å². The maximum atomic E-state index is 12.6. The second-order valence-corrected chi connectivity index (χ2v) is 7.05. The Labute approximate surface area is 156 Å². The van der Waals surface area contributed by atoms with Crippen LogP contribution in [0.5, 0.6) is 5.88 Å². The second kappa shape index (κ2) is 7.82. The molecule has 25 heavy (non-hydrogen) atoms. The molecule has 0 atom stereocenters. The molecule has 0 bridgehead atoms. The largest absolute Gasteiger partial charge is 0.472 e. The molecule has 0 spiro atoms. The lowest BCUT2D eigenvalue weighted by atomic mass is 10.2. The highest BCUT2D eigenvalue weighted by molar-refractivity contribution is 9.10. The van der Waals surface area contributed by atoms with E-state index in [4.69, 9.17) is 4.74 Å². The summed E-state index contributed by atoms with van der Waals surface area (Å²) >= 11 is 3.39. The van der Waals surface area contributed by atoms with Crippen molar-refractivity contribution in [1.29, 1.82) is 0 Å². The molecule has 2 heterocycles. The van der Waals surface area contributed by atoms with Crippen LogP contribution in [0.4, 0.5) is 5.82 Å². The van der Waals surface area contributed by atoms with E-state index in [9.17, 15) is 4.79 Å². The molecule has 0 unspecified atom stereocenters. The molecule has 132 valence electrons. The minimum atomic E-state index is 0.0377. The number of hydrogen-bond acceptors (Lipinski definition) is 5. The summed E-state index contributed by atoms with van der Waals surface area (Å²) < 4.78 is 6.72. The van der Waals surface area contributed by atoms with Gasteiger partial charge in [0.2, 0.25) is 0 Å². The molecular formula is C18H21BrN4O2. The smallest absolute Gasteiger partial charge is 0.257 e. The fourth-order valence-corrected chi connectivity index (χ4v) is 3.00. The zero-order chi connectivity index (χ0) is 17.8. The van der Waals surface area contributed by atoms with Crippen molar-refractivity contribution in [2.45, 2.75) is 20.0 Å². The molecule has 2 aromatic rings. The molecule has 7 heteroatoms. The van der Waals surface area contributed by atoms with Crippen LogP contribution in [0.3, 0.4) is 0 Å². The molecule has 6 nitrogen and oxygen atoms in total. The van der Waals surface area contributed by atoms with Crippen LogP contribution in [0.25, 0.3) is 0 Å². The Kier molecular flexibility index (Phi) is 5.53. The third kappa shape index (κ3) is 4.28. The Morgan fingerprint density at radius 1 is 1.08 bits per heavy atom. The molecule has 3 rings (SSSR count). The lowest BCUT2D eigenvalue weighted by Crippen LogP contribution is -2.49. The Balaban J connectivity index is 1.66. The molecule has 1 aliphatic rings. The van der Waals surface area contributed by atoms with E-state index in [0.717, 1.165) is 10.3 Å². The summed E-state index contributed by atoms with van der Waals surface area (Å²) in [4.78, 5) is 25.3. The number of rotatable bonds is 4. The first-order valence-electron chi connectivity index (χ1n) is 8.32. The first kappa shape index (κ1) is 17.7. The van der Waals surface area contributed by atoms with Gasteiger partial charge >= 0.3 is 0 Å². The van der Waals surface area contributed by atoms with Gasteiger partial charge in [0.15, 0.2) is 5.82 Å². The minimum absolute atomic E-state index is 0.0377. The number of piperazine rings is 1. The van der Waals surface area contributed by atoms with E-state index in [2.05, 4.69) is 30.8 Å². The van der Waals surface area contributed by atoms with Gasteiger partial charge in [0.05, 0.1) is 6.10 Å². The summed E-state index contributed by atoms with van der Waals surface area (Å²) in [6.07, 6.45) is 3.34. The predicted octanol–water partition coefficient (Wildman–Crippen LogP) is 2.99. The van der Waals surface area contributed by atoms with Gasteiger partial charge in [0, 0.05) is 48.6 Å². The van der Waals surface area contributed by atoms with E-state index in [1.807, 2.05) is 43.0 Å². The van der Waals surface area contributed by atoms with Crippen molar-refractivity contribution in [3.8, 4) is 5.88 Å². The summed E-state index contributed by atoms with van der Waals surface area (Å²) in [5.74, 6) is 1.35. The van der Waals surface area contributed by atoms with E-state index in [1.54, 1.807) is 12.4 Å². The average Bonchev–Trinajstić information content (AvgIpc) is 2.62. The molecule has 0 N–H and O–H groups in total. The summed E-state index contributed by atoms with van der Waals surface area (Å²) in [6.45, 7) is 6.63. The normalized spacial score (nSPS) is 14.7. The van der Waals surface area contributed by atoms with Gasteiger partial charge in [0.1, 0.15) is 0 Å². The third-order valence-corrected chi connectivity index (χ3v) is 4.48.